The largest absolute Gasteiger partial charge is 0.444 e. The standard InChI is InChI=1S/C24H30F2N2O3/c1-6-16-7-10-20(11-8-16)28(5)22(29)21(27-23(30)31-24(2,3)4)12-9-17-13-18(25)15-19(26)14-17/h7-8,10-11,13-15,21H,6,9,12H2,1-5H3,(H,27,30)/t21-/m0/s1. The van der Waals surface area contributed by atoms with Crippen LogP contribution in [0.4, 0.5) is 19.3 Å². The Morgan fingerprint density at radius 2 is 1.61 bits per heavy atom. The maximum absolute atomic E-state index is 13.5. The molecule has 7 heteroatoms. The van der Waals surface area contributed by atoms with Gasteiger partial charge in [0.15, 0.2) is 0 Å². The highest BCUT2D eigenvalue weighted by atomic mass is 19.1. The highest BCUT2D eigenvalue weighted by Crippen LogP contribution is 2.18. The van der Waals surface area contributed by atoms with Gasteiger partial charge in [-0.1, -0.05) is 19.1 Å². The Morgan fingerprint density at radius 1 is 1.03 bits per heavy atom. The Morgan fingerprint density at radius 3 is 2.13 bits per heavy atom. The number of anilines is 1. The fourth-order valence-corrected chi connectivity index (χ4v) is 3.09. The van der Waals surface area contributed by atoms with E-state index in [0.29, 0.717) is 11.3 Å². The van der Waals surface area contributed by atoms with E-state index in [9.17, 15) is 18.4 Å². The molecule has 31 heavy (non-hydrogen) atoms. The summed E-state index contributed by atoms with van der Waals surface area (Å²) in [5, 5.41) is 2.61. The van der Waals surface area contributed by atoms with Gasteiger partial charge in [-0.25, -0.2) is 13.6 Å². The van der Waals surface area contributed by atoms with Crippen molar-refractivity contribution in [3.63, 3.8) is 0 Å². The summed E-state index contributed by atoms with van der Waals surface area (Å²) >= 11 is 0. The predicted octanol–water partition coefficient (Wildman–Crippen LogP) is 5.02. The molecule has 1 atom stereocenters. The predicted molar refractivity (Wildman–Crippen MR) is 117 cm³/mol. The molecule has 5 nitrogen and oxygen atoms in total. The number of alkyl carbamates (subject to hydrolysis) is 1. The van der Waals surface area contributed by atoms with E-state index >= 15 is 0 Å². The van der Waals surface area contributed by atoms with Crippen LogP contribution >= 0.6 is 0 Å². The minimum Gasteiger partial charge on any atom is -0.444 e. The molecule has 2 rings (SSSR count). The smallest absolute Gasteiger partial charge is 0.408 e. The minimum absolute atomic E-state index is 0.151. The van der Waals surface area contributed by atoms with E-state index in [2.05, 4.69) is 5.32 Å². The molecule has 0 fully saturated rings. The number of likely N-dealkylation sites (N-methyl/N-ethyl adjacent to an activating group) is 1. The molecule has 0 heterocycles. The molecule has 0 aliphatic carbocycles. The van der Waals surface area contributed by atoms with Crippen molar-refractivity contribution in [1.29, 1.82) is 0 Å². The van der Waals surface area contributed by atoms with Gasteiger partial charge in [0.1, 0.15) is 23.3 Å². The fourth-order valence-electron chi connectivity index (χ4n) is 3.09. The number of amides is 2. The lowest BCUT2D eigenvalue weighted by Crippen LogP contribution is -2.49. The molecule has 168 valence electrons. The molecule has 0 bridgehead atoms. The van der Waals surface area contributed by atoms with Crippen LogP contribution in [0.5, 0.6) is 0 Å². The average molecular weight is 433 g/mol. The fraction of sp³-hybridized carbons (Fsp3) is 0.417. The molecule has 2 aromatic carbocycles. The first-order chi connectivity index (χ1) is 14.5. The van der Waals surface area contributed by atoms with Gasteiger partial charge in [-0.05, 0) is 75.4 Å². The van der Waals surface area contributed by atoms with Crippen LogP contribution in [0.3, 0.4) is 0 Å². The molecule has 2 amide bonds. The Hall–Kier alpha value is -2.96. The van der Waals surface area contributed by atoms with Crippen LogP contribution in [-0.4, -0.2) is 30.7 Å². The first-order valence-corrected chi connectivity index (χ1v) is 10.3. The molecule has 0 aromatic heterocycles. The summed E-state index contributed by atoms with van der Waals surface area (Å²) in [6.45, 7) is 7.21. The normalized spacial score (nSPS) is 12.2. The monoisotopic (exact) mass is 432 g/mol. The zero-order chi connectivity index (χ0) is 23.2. The van der Waals surface area contributed by atoms with Gasteiger partial charge in [0, 0.05) is 18.8 Å². The maximum Gasteiger partial charge on any atom is 0.408 e. The van der Waals surface area contributed by atoms with Gasteiger partial charge >= 0.3 is 6.09 Å². The van der Waals surface area contributed by atoms with Crippen molar-refractivity contribution < 1.29 is 23.1 Å². The van der Waals surface area contributed by atoms with Gasteiger partial charge in [0.25, 0.3) is 0 Å². The first kappa shape index (κ1) is 24.3. The number of hydrogen-bond donors (Lipinski definition) is 1. The van der Waals surface area contributed by atoms with Crippen molar-refractivity contribution in [3.05, 3.63) is 65.2 Å². The van der Waals surface area contributed by atoms with Crippen LogP contribution in [-0.2, 0) is 22.4 Å². The number of ether oxygens (including phenoxy) is 1. The first-order valence-electron chi connectivity index (χ1n) is 10.3. The minimum atomic E-state index is -0.933. The number of benzene rings is 2. The Bertz CT molecular complexity index is 888. The highest BCUT2D eigenvalue weighted by Gasteiger charge is 2.27. The van der Waals surface area contributed by atoms with E-state index in [4.69, 9.17) is 4.74 Å². The summed E-state index contributed by atoms with van der Waals surface area (Å²) in [6, 6.07) is 9.83. The third-order valence-corrected chi connectivity index (χ3v) is 4.70. The molecule has 0 aliphatic heterocycles. The second-order valence-corrected chi connectivity index (χ2v) is 8.43. The number of hydrogen-bond acceptors (Lipinski definition) is 3. The van der Waals surface area contributed by atoms with Crippen LogP contribution < -0.4 is 10.2 Å². The molecular formula is C24H30F2N2O3. The Balaban J connectivity index is 2.19. The quantitative estimate of drug-likeness (QED) is 0.669. The van der Waals surface area contributed by atoms with E-state index in [1.807, 2.05) is 31.2 Å². The molecule has 2 aromatic rings. The van der Waals surface area contributed by atoms with Crippen molar-refractivity contribution in [2.45, 2.75) is 58.6 Å². The second-order valence-electron chi connectivity index (χ2n) is 8.43. The number of halogens is 2. The van der Waals surface area contributed by atoms with Gasteiger partial charge in [0.2, 0.25) is 5.91 Å². The molecule has 1 N–H and O–H groups in total. The van der Waals surface area contributed by atoms with Crippen molar-refractivity contribution in [1.82, 2.24) is 5.32 Å². The van der Waals surface area contributed by atoms with Crippen LogP contribution in [0.25, 0.3) is 0 Å². The number of carbonyl (C=O) groups is 2. The van der Waals surface area contributed by atoms with Gasteiger partial charge in [0.05, 0.1) is 0 Å². The lowest BCUT2D eigenvalue weighted by molar-refractivity contribution is -0.120. The number of nitrogens with one attached hydrogen (secondary N) is 1. The number of aryl methyl sites for hydroxylation is 2. The Kier molecular flexibility index (Phi) is 8.14. The lowest BCUT2D eigenvalue weighted by Gasteiger charge is -2.27. The van der Waals surface area contributed by atoms with Crippen LogP contribution in [0.1, 0.15) is 45.2 Å². The van der Waals surface area contributed by atoms with E-state index < -0.39 is 29.4 Å². The van der Waals surface area contributed by atoms with E-state index in [0.717, 1.165) is 18.1 Å². The van der Waals surface area contributed by atoms with Gasteiger partial charge in [-0.15, -0.1) is 0 Å². The van der Waals surface area contributed by atoms with Crippen molar-refractivity contribution in [2.75, 3.05) is 11.9 Å². The Labute approximate surface area is 182 Å². The van der Waals surface area contributed by atoms with E-state index in [-0.39, 0.29) is 18.7 Å². The van der Waals surface area contributed by atoms with E-state index in [1.54, 1.807) is 27.8 Å². The van der Waals surface area contributed by atoms with Crippen molar-refractivity contribution in [2.24, 2.45) is 0 Å². The summed E-state index contributed by atoms with van der Waals surface area (Å²) < 4.78 is 32.3. The third-order valence-electron chi connectivity index (χ3n) is 4.70. The molecular weight excluding hydrogens is 402 g/mol. The molecule has 0 aliphatic rings. The molecule has 0 saturated heterocycles. The number of rotatable bonds is 7. The molecule has 0 radical (unpaired) electrons. The molecule has 0 saturated carbocycles. The average Bonchev–Trinajstić information content (AvgIpc) is 2.68. The van der Waals surface area contributed by atoms with Gasteiger partial charge in [-0.2, -0.15) is 0 Å². The third kappa shape index (κ3) is 7.66. The highest BCUT2D eigenvalue weighted by molar-refractivity contribution is 5.98. The van der Waals surface area contributed by atoms with Crippen molar-refractivity contribution >= 4 is 17.7 Å². The summed E-state index contributed by atoms with van der Waals surface area (Å²) in [7, 11) is 1.62. The number of carbonyl (C=O) groups excluding carboxylic acids is 2. The summed E-state index contributed by atoms with van der Waals surface area (Å²) in [4.78, 5) is 26.9. The SMILES string of the molecule is CCc1ccc(N(C)C(=O)[C@H](CCc2cc(F)cc(F)c2)NC(=O)OC(C)(C)C)cc1. The number of nitrogens with zero attached hydrogens (tertiary/aromatic N) is 1. The molecule has 0 unspecified atom stereocenters. The lowest BCUT2D eigenvalue weighted by atomic mass is 10.0. The van der Waals surface area contributed by atoms with E-state index in [1.165, 1.54) is 17.0 Å². The van der Waals surface area contributed by atoms with Crippen LogP contribution in [0, 0.1) is 11.6 Å². The van der Waals surface area contributed by atoms with Crippen LogP contribution in [0.2, 0.25) is 0 Å². The topological polar surface area (TPSA) is 58.6 Å². The second kappa shape index (κ2) is 10.4. The summed E-state index contributed by atoms with van der Waals surface area (Å²) in [6.07, 6.45) is 0.498. The van der Waals surface area contributed by atoms with Crippen molar-refractivity contribution in [3.8, 4) is 0 Å². The molecule has 0 spiro atoms. The van der Waals surface area contributed by atoms with Crippen LogP contribution in [0.15, 0.2) is 42.5 Å². The maximum atomic E-state index is 13.5. The zero-order valence-electron chi connectivity index (χ0n) is 18.7. The zero-order valence-corrected chi connectivity index (χ0v) is 18.7. The summed E-state index contributed by atoms with van der Waals surface area (Å²) in [5.74, 6) is -1.73. The van der Waals surface area contributed by atoms with Gasteiger partial charge < -0.3 is 15.0 Å². The summed E-state index contributed by atoms with van der Waals surface area (Å²) in [5.41, 5.74) is 1.48. The van der Waals surface area contributed by atoms with Gasteiger partial charge in [-0.3, -0.25) is 4.79 Å².